The molecule has 0 unspecified atom stereocenters. The number of aromatic carboxylic acids is 1. The summed E-state index contributed by atoms with van der Waals surface area (Å²) >= 11 is 0.674. The first kappa shape index (κ1) is 21.7. The molecule has 1 heterocycles. The molecule has 1 aliphatic carbocycles. The topological polar surface area (TPSA) is 117 Å². The van der Waals surface area contributed by atoms with Crippen LogP contribution in [0, 0.1) is 0 Å². The fourth-order valence-corrected chi connectivity index (χ4v) is 3.56. The molecular formula is C22H12F2INO6. The van der Waals surface area contributed by atoms with Crippen molar-refractivity contribution < 1.29 is 33.0 Å². The normalized spacial score (nSPS) is 11.6. The molecule has 1 aliphatic heterocycles. The molecule has 3 N–H and O–H groups in total. The first-order chi connectivity index (χ1) is 15.1. The fourth-order valence-electron chi connectivity index (χ4n) is 3.43. The summed E-state index contributed by atoms with van der Waals surface area (Å²) in [6.45, 7) is 0. The van der Waals surface area contributed by atoms with Crippen molar-refractivity contribution in [2.75, 3.05) is 5.32 Å². The summed E-state index contributed by atoms with van der Waals surface area (Å²) in [6, 6.07) is 11.8. The molecule has 0 saturated carbocycles. The lowest BCUT2D eigenvalue weighted by Crippen LogP contribution is -2.28. The number of alkyl halides is 3. The van der Waals surface area contributed by atoms with Crippen LogP contribution in [0.15, 0.2) is 63.8 Å². The highest BCUT2D eigenvalue weighted by molar-refractivity contribution is 14.1. The number of halogens is 3. The Labute approximate surface area is 191 Å². The summed E-state index contributed by atoms with van der Waals surface area (Å²) in [5.41, 5.74) is -0.207. The zero-order valence-electron chi connectivity index (χ0n) is 15.9. The van der Waals surface area contributed by atoms with E-state index in [0.717, 1.165) is 0 Å². The Bertz CT molecular complexity index is 1430. The number of carboxylic acids is 1. The van der Waals surface area contributed by atoms with E-state index in [1.54, 1.807) is 0 Å². The van der Waals surface area contributed by atoms with Gasteiger partial charge in [-0.2, -0.15) is 8.78 Å². The summed E-state index contributed by atoms with van der Waals surface area (Å²) in [7, 11) is 0. The van der Waals surface area contributed by atoms with Crippen molar-refractivity contribution in [3.63, 3.8) is 0 Å². The second-order valence-corrected chi connectivity index (χ2v) is 8.16. The Morgan fingerprint density at radius 1 is 1.03 bits per heavy atom. The van der Waals surface area contributed by atoms with Crippen LogP contribution in [0.1, 0.15) is 10.4 Å². The number of carboxylic acid groups (broad SMARTS) is 1. The molecule has 0 spiro atoms. The zero-order valence-corrected chi connectivity index (χ0v) is 18.0. The number of benzene rings is 3. The molecule has 7 nitrogen and oxygen atoms in total. The highest BCUT2D eigenvalue weighted by Crippen LogP contribution is 2.45. The monoisotopic (exact) mass is 551 g/mol. The summed E-state index contributed by atoms with van der Waals surface area (Å²) in [4.78, 5) is 35.9. The number of hydrogen-bond acceptors (Lipinski definition) is 5. The third kappa shape index (κ3) is 3.88. The van der Waals surface area contributed by atoms with Crippen molar-refractivity contribution in [3.05, 3.63) is 70.4 Å². The number of rotatable bonds is 4. The van der Waals surface area contributed by atoms with Crippen molar-refractivity contribution >= 4 is 51.1 Å². The smallest absolute Gasteiger partial charge is 0.372 e. The van der Waals surface area contributed by atoms with Gasteiger partial charge in [-0.05, 0) is 36.4 Å². The predicted molar refractivity (Wildman–Crippen MR) is 121 cm³/mol. The van der Waals surface area contributed by atoms with E-state index < -0.39 is 15.8 Å². The average Bonchev–Trinajstić information content (AvgIpc) is 2.71. The molecule has 10 heteroatoms. The Balaban J connectivity index is 2.15. The molecule has 0 atom stereocenters. The minimum atomic E-state index is -3.74. The van der Waals surface area contributed by atoms with Gasteiger partial charge >= 0.3 is 15.8 Å². The number of phenols is 1. The number of anilines is 1. The van der Waals surface area contributed by atoms with E-state index in [1.165, 1.54) is 54.6 Å². The van der Waals surface area contributed by atoms with Gasteiger partial charge in [-0.1, -0.05) is 6.07 Å². The van der Waals surface area contributed by atoms with Crippen molar-refractivity contribution in [1.29, 1.82) is 0 Å². The van der Waals surface area contributed by atoms with Gasteiger partial charge in [0, 0.05) is 62.5 Å². The van der Waals surface area contributed by atoms with Gasteiger partial charge in [-0.25, -0.2) is 4.79 Å². The van der Waals surface area contributed by atoms with Crippen LogP contribution in [-0.2, 0) is 4.79 Å². The molecule has 0 fully saturated rings. The van der Waals surface area contributed by atoms with Gasteiger partial charge in [0.15, 0.2) is 5.43 Å². The standard InChI is InChI=1S/C22H12F2INO6/c23-22(24,25)21(31)26-15-3-1-2-14(20(29)30)19(15)18-12-6-4-10(27)8-16(12)32-17-9-11(28)5-7-13(17)18/h1-9,27H,(H,26,31)(H,29,30). The quantitative estimate of drug-likeness (QED) is 0.188. The van der Waals surface area contributed by atoms with E-state index in [0.29, 0.717) is 33.5 Å². The number of fused-ring (bicyclic) bond motifs is 2. The first-order valence-corrected chi connectivity index (χ1v) is 10.1. The predicted octanol–water partition coefficient (Wildman–Crippen LogP) is 4.93. The maximum absolute atomic E-state index is 13.6. The minimum Gasteiger partial charge on any atom is -0.508 e. The molecule has 32 heavy (non-hydrogen) atoms. The van der Waals surface area contributed by atoms with Gasteiger partial charge < -0.3 is 19.9 Å². The van der Waals surface area contributed by atoms with Crippen molar-refractivity contribution in [1.82, 2.24) is 0 Å². The van der Waals surface area contributed by atoms with Gasteiger partial charge in [0.05, 0.1) is 5.56 Å². The van der Waals surface area contributed by atoms with Gasteiger partial charge in [0.1, 0.15) is 17.1 Å². The van der Waals surface area contributed by atoms with Crippen LogP contribution in [0.2, 0.25) is 0 Å². The summed E-state index contributed by atoms with van der Waals surface area (Å²) in [5.74, 6) is -3.05. The van der Waals surface area contributed by atoms with Gasteiger partial charge in [0.2, 0.25) is 0 Å². The van der Waals surface area contributed by atoms with Crippen molar-refractivity contribution in [2.45, 2.75) is 3.93 Å². The lowest BCUT2D eigenvalue weighted by molar-refractivity contribution is -0.127. The number of hydrogen-bond donors (Lipinski definition) is 3. The lowest BCUT2D eigenvalue weighted by atomic mass is 9.89. The lowest BCUT2D eigenvalue weighted by Gasteiger charge is -2.20. The van der Waals surface area contributed by atoms with Gasteiger partial charge in [0.25, 0.3) is 0 Å². The molecule has 0 radical (unpaired) electrons. The van der Waals surface area contributed by atoms with Crippen LogP contribution in [0.4, 0.5) is 14.5 Å². The molecule has 0 bridgehead atoms. The number of aromatic hydroxyl groups is 1. The molecule has 2 aliphatic rings. The maximum Gasteiger partial charge on any atom is 0.372 e. The molecule has 162 valence electrons. The van der Waals surface area contributed by atoms with Gasteiger partial charge in [-0.15, -0.1) is 0 Å². The van der Waals surface area contributed by atoms with Crippen LogP contribution >= 0.6 is 22.6 Å². The zero-order chi connectivity index (χ0) is 23.2. The number of carbonyl (C=O) groups is 2. The van der Waals surface area contributed by atoms with E-state index in [1.807, 2.05) is 0 Å². The number of carbonyl (C=O) groups excluding carboxylic acids is 1. The number of phenolic OH excluding ortho intramolecular Hbond substituents is 1. The first-order valence-electron chi connectivity index (χ1n) is 9.00. The summed E-state index contributed by atoms with van der Waals surface area (Å²) in [5, 5.41) is 22.1. The van der Waals surface area contributed by atoms with E-state index in [2.05, 4.69) is 5.32 Å². The van der Waals surface area contributed by atoms with Crippen LogP contribution in [0.25, 0.3) is 33.4 Å². The number of nitrogens with one attached hydrogen (secondary N) is 1. The van der Waals surface area contributed by atoms with E-state index >= 15 is 0 Å². The molecule has 2 aromatic carbocycles. The maximum atomic E-state index is 13.6. The Morgan fingerprint density at radius 2 is 1.78 bits per heavy atom. The summed E-state index contributed by atoms with van der Waals surface area (Å²) < 4.78 is 29.1. The number of amides is 1. The highest BCUT2D eigenvalue weighted by Gasteiger charge is 2.36. The third-order valence-corrected chi connectivity index (χ3v) is 5.22. The summed E-state index contributed by atoms with van der Waals surface area (Å²) in [6.07, 6.45) is 0. The van der Waals surface area contributed by atoms with Crippen LogP contribution in [0.5, 0.6) is 5.75 Å². The molecule has 2 aromatic rings. The Kier molecular flexibility index (Phi) is 5.33. The molecule has 1 amide bonds. The van der Waals surface area contributed by atoms with Gasteiger partial charge in [-0.3, -0.25) is 9.59 Å². The molecular weight excluding hydrogens is 539 g/mol. The second-order valence-electron chi connectivity index (χ2n) is 6.80. The van der Waals surface area contributed by atoms with Crippen LogP contribution in [-0.4, -0.2) is 26.0 Å². The Hall–Kier alpha value is -3.54. The van der Waals surface area contributed by atoms with E-state index in [4.69, 9.17) is 4.42 Å². The van der Waals surface area contributed by atoms with E-state index in [9.17, 15) is 33.4 Å². The van der Waals surface area contributed by atoms with Crippen LogP contribution < -0.4 is 10.7 Å². The fraction of sp³-hybridized carbons (Fsp3) is 0.0455. The van der Waals surface area contributed by atoms with Crippen molar-refractivity contribution in [2.24, 2.45) is 0 Å². The molecule has 4 rings (SSSR count). The second kappa shape index (κ2) is 7.86. The van der Waals surface area contributed by atoms with Crippen molar-refractivity contribution in [3.8, 4) is 28.2 Å². The molecule has 0 saturated heterocycles. The average molecular weight is 551 g/mol. The molecule has 0 aromatic heterocycles. The minimum absolute atomic E-state index is 0.0517. The largest absolute Gasteiger partial charge is 0.508 e. The SMILES string of the molecule is O=C(O)c1cccc(NC(=O)C(F)(F)I)c1-c1c2ccc(=O)cc-2oc2cc(O)ccc12. The highest BCUT2D eigenvalue weighted by atomic mass is 127. The Morgan fingerprint density at radius 3 is 2.47 bits per heavy atom. The van der Waals surface area contributed by atoms with E-state index in [-0.39, 0.29) is 44.9 Å². The third-order valence-electron chi connectivity index (χ3n) is 4.73. The van der Waals surface area contributed by atoms with Crippen LogP contribution in [0.3, 0.4) is 0 Å².